The molecule has 0 heterocycles. The maximum Gasteiger partial charge on any atom is 0.264 e. The zero-order valence-corrected chi connectivity index (χ0v) is 13.2. The molecule has 0 saturated carbocycles. The van der Waals surface area contributed by atoms with Crippen molar-refractivity contribution in [2.45, 2.75) is 11.8 Å². The zero-order valence-electron chi connectivity index (χ0n) is 10.8. The van der Waals surface area contributed by atoms with Crippen molar-refractivity contribution < 1.29 is 12.8 Å². The van der Waals surface area contributed by atoms with E-state index in [0.717, 1.165) is 12.1 Å². The van der Waals surface area contributed by atoms with E-state index in [0.29, 0.717) is 10.6 Å². The van der Waals surface area contributed by atoms with Crippen LogP contribution in [0.2, 0.25) is 10.0 Å². The van der Waals surface area contributed by atoms with Crippen LogP contribution in [-0.2, 0) is 10.0 Å². The first-order valence-electron chi connectivity index (χ1n) is 5.74. The highest BCUT2D eigenvalue weighted by Crippen LogP contribution is 2.28. The van der Waals surface area contributed by atoms with Gasteiger partial charge in [0.15, 0.2) is 5.82 Å². The number of nitrogens with two attached hydrogens (primary N) is 1. The Bertz CT molecular complexity index is 810. The number of rotatable bonds is 3. The molecule has 0 aromatic heterocycles. The van der Waals surface area contributed by atoms with Crippen molar-refractivity contribution in [1.82, 2.24) is 0 Å². The molecule has 3 N–H and O–H groups in total. The smallest absolute Gasteiger partial charge is 0.264 e. The number of hydrogen-bond donors (Lipinski definition) is 2. The molecule has 112 valence electrons. The van der Waals surface area contributed by atoms with Gasteiger partial charge in [-0.25, -0.2) is 12.8 Å². The number of halogens is 3. The molecule has 0 fully saturated rings. The molecule has 0 amide bonds. The van der Waals surface area contributed by atoms with Gasteiger partial charge in [-0.2, -0.15) is 0 Å². The minimum atomic E-state index is -4.16. The lowest BCUT2D eigenvalue weighted by Crippen LogP contribution is -2.16. The van der Waals surface area contributed by atoms with Gasteiger partial charge in [0.1, 0.15) is 4.90 Å². The van der Waals surface area contributed by atoms with Crippen LogP contribution in [0, 0.1) is 12.7 Å². The molecule has 0 atom stereocenters. The summed E-state index contributed by atoms with van der Waals surface area (Å²) in [6.07, 6.45) is 0. The summed E-state index contributed by atoms with van der Waals surface area (Å²) in [4.78, 5) is -0.609. The average molecular weight is 349 g/mol. The molecule has 0 saturated heterocycles. The Kier molecular flexibility index (Phi) is 4.32. The first kappa shape index (κ1) is 15.9. The second-order valence-corrected chi connectivity index (χ2v) is 6.87. The van der Waals surface area contributed by atoms with E-state index in [1.807, 2.05) is 0 Å². The van der Waals surface area contributed by atoms with E-state index < -0.39 is 20.7 Å². The Balaban J connectivity index is 2.48. The monoisotopic (exact) mass is 348 g/mol. The molecule has 0 aliphatic rings. The Morgan fingerprint density at radius 1 is 1.19 bits per heavy atom. The standard InChI is InChI=1S/C13H11Cl2FN2O2S/c1-7-4-8(14)2-3-11(7)18-21(19,20)12-6-9(17)5-10(15)13(12)16/h2-6,18H,17H2,1H3. The minimum absolute atomic E-state index is 0.0506. The highest BCUT2D eigenvalue weighted by atomic mass is 35.5. The third-order valence-electron chi connectivity index (χ3n) is 2.74. The number of nitrogens with one attached hydrogen (secondary N) is 1. The Labute approximate surface area is 131 Å². The summed E-state index contributed by atoms with van der Waals surface area (Å²) in [5, 5.41) is 0.108. The molecule has 0 bridgehead atoms. The van der Waals surface area contributed by atoms with Crippen LogP contribution in [0.3, 0.4) is 0 Å². The first-order chi connectivity index (χ1) is 9.70. The molecular formula is C13H11Cl2FN2O2S. The molecular weight excluding hydrogens is 338 g/mol. The van der Waals surface area contributed by atoms with E-state index in [-0.39, 0.29) is 16.4 Å². The Hall–Kier alpha value is -1.50. The van der Waals surface area contributed by atoms with E-state index in [1.54, 1.807) is 13.0 Å². The minimum Gasteiger partial charge on any atom is -0.399 e. The number of aryl methyl sites for hydroxylation is 1. The predicted molar refractivity (Wildman–Crippen MR) is 82.8 cm³/mol. The van der Waals surface area contributed by atoms with Crippen molar-refractivity contribution in [3.8, 4) is 0 Å². The second-order valence-electron chi connectivity index (χ2n) is 4.38. The third-order valence-corrected chi connectivity index (χ3v) is 4.61. The van der Waals surface area contributed by atoms with Crippen LogP contribution in [0.4, 0.5) is 15.8 Å². The van der Waals surface area contributed by atoms with E-state index in [9.17, 15) is 12.8 Å². The fourth-order valence-electron chi connectivity index (χ4n) is 1.72. The number of anilines is 2. The van der Waals surface area contributed by atoms with Gasteiger partial charge in [0.05, 0.1) is 10.7 Å². The van der Waals surface area contributed by atoms with Gasteiger partial charge in [0, 0.05) is 10.7 Å². The molecule has 0 radical (unpaired) electrons. The summed E-state index contributed by atoms with van der Waals surface area (Å²) in [5.41, 5.74) is 6.45. The van der Waals surface area contributed by atoms with Crippen molar-refractivity contribution in [3.05, 3.63) is 51.8 Å². The number of benzene rings is 2. The molecule has 0 aliphatic carbocycles. The molecule has 8 heteroatoms. The van der Waals surface area contributed by atoms with Crippen LogP contribution in [0.1, 0.15) is 5.56 Å². The topological polar surface area (TPSA) is 72.2 Å². The summed E-state index contributed by atoms with van der Waals surface area (Å²) in [7, 11) is -4.16. The van der Waals surface area contributed by atoms with E-state index in [4.69, 9.17) is 28.9 Å². The van der Waals surface area contributed by atoms with Gasteiger partial charge in [-0.1, -0.05) is 23.2 Å². The van der Waals surface area contributed by atoms with Crippen LogP contribution >= 0.6 is 23.2 Å². The maximum atomic E-state index is 13.9. The van der Waals surface area contributed by atoms with Gasteiger partial charge in [-0.05, 0) is 42.8 Å². The largest absolute Gasteiger partial charge is 0.399 e. The Morgan fingerprint density at radius 2 is 1.86 bits per heavy atom. The molecule has 0 aliphatic heterocycles. The van der Waals surface area contributed by atoms with Crippen LogP contribution < -0.4 is 10.5 Å². The van der Waals surface area contributed by atoms with Gasteiger partial charge in [-0.3, -0.25) is 4.72 Å². The molecule has 2 aromatic carbocycles. The average Bonchev–Trinajstić information content (AvgIpc) is 2.37. The molecule has 4 nitrogen and oxygen atoms in total. The van der Waals surface area contributed by atoms with Gasteiger partial charge >= 0.3 is 0 Å². The van der Waals surface area contributed by atoms with Crippen molar-refractivity contribution in [2.24, 2.45) is 0 Å². The lowest BCUT2D eigenvalue weighted by molar-refractivity contribution is 0.571. The highest BCUT2D eigenvalue weighted by Gasteiger charge is 2.22. The number of nitrogen functional groups attached to an aromatic ring is 1. The highest BCUT2D eigenvalue weighted by molar-refractivity contribution is 7.92. The van der Waals surface area contributed by atoms with Crippen LogP contribution in [-0.4, -0.2) is 8.42 Å². The lowest BCUT2D eigenvalue weighted by Gasteiger charge is -2.12. The summed E-state index contributed by atoms with van der Waals surface area (Å²) < 4.78 is 40.7. The van der Waals surface area contributed by atoms with Crippen molar-refractivity contribution in [3.63, 3.8) is 0 Å². The van der Waals surface area contributed by atoms with Crippen molar-refractivity contribution >= 4 is 44.6 Å². The molecule has 2 aromatic rings. The zero-order chi connectivity index (χ0) is 15.8. The molecule has 0 unspecified atom stereocenters. The van der Waals surface area contributed by atoms with Crippen molar-refractivity contribution in [1.29, 1.82) is 0 Å². The Morgan fingerprint density at radius 3 is 2.48 bits per heavy atom. The fourth-order valence-corrected chi connectivity index (χ4v) is 3.50. The molecule has 0 spiro atoms. The summed E-state index contributed by atoms with van der Waals surface area (Å²) in [6.45, 7) is 1.67. The molecule has 21 heavy (non-hydrogen) atoms. The summed E-state index contributed by atoms with van der Waals surface area (Å²) in [5.74, 6) is -1.05. The number of hydrogen-bond acceptors (Lipinski definition) is 3. The van der Waals surface area contributed by atoms with E-state index >= 15 is 0 Å². The van der Waals surface area contributed by atoms with Gasteiger partial charge in [0.25, 0.3) is 10.0 Å². The quantitative estimate of drug-likeness (QED) is 0.828. The lowest BCUT2D eigenvalue weighted by atomic mass is 10.2. The van der Waals surface area contributed by atoms with E-state index in [2.05, 4.69) is 4.72 Å². The van der Waals surface area contributed by atoms with Gasteiger partial charge in [0.2, 0.25) is 0 Å². The van der Waals surface area contributed by atoms with Gasteiger partial charge < -0.3 is 5.73 Å². The third kappa shape index (κ3) is 3.40. The van der Waals surface area contributed by atoms with Crippen LogP contribution in [0.15, 0.2) is 35.2 Å². The molecule has 2 rings (SSSR count). The summed E-state index contributed by atoms with van der Waals surface area (Å²) >= 11 is 11.4. The summed E-state index contributed by atoms with van der Waals surface area (Å²) in [6, 6.07) is 6.75. The van der Waals surface area contributed by atoms with Crippen molar-refractivity contribution in [2.75, 3.05) is 10.5 Å². The van der Waals surface area contributed by atoms with E-state index in [1.165, 1.54) is 12.1 Å². The first-order valence-corrected chi connectivity index (χ1v) is 7.98. The van der Waals surface area contributed by atoms with Crippen LogP contribution in [0.5, 0.6) is 0 Å². The predicted octanol–water partition coefficient (Wildman–Crippen LogP) is 3.82. The number of sulfonamides is 1. The van der Waals surface area contributed by atoms with Gasteiger partial charge in [-0.15, -0.1) is 0 Å². The maximum absolute atomic E-state index is 13.9. The normalized spacial score (nSPS) is 11.4. The second kappa shape index (κ2) is 5.71. The SMILES string of the molecule is Cc1cc(Cl)ccc1NS(=O)(=O)c1cc(N)cc(Cl)c1F. The fraction of sp³-hybridized carbons (Fsp3) is 0.0769. The van der Waals surface area contributed by atoms with Crippen LogP contribution in [0.25, 0.3) is 0 Å².